The van der Waals surface area contributed by atoms with Gasteiger partial charge in [-0.1, -0.05) is 30.3 Å². The Morgan fingerprint density at radius 2 is 1.86 bits per heavy atom. The predicted octanol–water partition coefficient (Wildman–Crippen LogP) is 1.46. The van der Waals surface area contributed by atoms with Crippen molar-refractivity contribution in [1.29, 1.82) is 0 Å². The zero-order valence-electron chi connectivity index (χ0n) is 12.3. The molecular formula is C15H22N2O4. The summed E-state index contributed by atoms with van der Waals surface area (Å²) in [6.45, 7) is 1.65. The molecule has 0 radical (unpaired) electrons. The Morgan fingerprint density at radius 3 is 2.57 bits per heavy atom. The highest BCUT2D eigenvalue weighted by Gasteiger charge is 2.04. The molecule has 0 saturated carbocycles. The van der Waals surface area contributed by atoms with Gasteiger partial charge in [-0.3, -0.25) is 4.79 Å². The summed E-state index contributed by atoms with van der Waals surface area (Å²) in [6, 6.07) is 9.45. The lowest BCUT2D eigenvalue weighted by molar-refractivity contribution is -0.121. The van der Waals surface area contributed by atoms with Crippen molar-refractivity contribution < 1.29 is 19.1 Å². The van der Waals surface area contributed by atoms with E-state index in [0.29, 0.717) is 32.5 Å². The number of rotatable bonds is 9. The van der Waals surface area contributed by atoms with E-state index in [4.69, 9.17) is 9.47 Å². The molecule has 0 aliphatic heterocycles. The molecule has 0 spiro atoms. The molecule has 6 nitrogen and oxygen atoms in total. The molecule has 0 unspecified atom stereocenters. The minimum absolute atomic E-state index is 0.0495. The van der Waals surface area contributed by atoms with Crippen LogP contribution in [0.2, 0.25) is 0 Å². The molecule has 1 aromatic carbocycles. The van der Waals surface area contributed by atoms with Crippen LogP contribution in [-0.2, 0) is 20.9 Å². The van der Waals surface area contributed by atoms with Gasteiger partial charge in [0.15, 0.2) is 0 Å². The van der Waals surface area contributed by atoms with Gasteiger partial charge in [0.1, 0.15) is 6.61 Å². The molecule has 2 amide bonds. The van der Waals surface area contributed by atoms with Gasteiger partial charge in [-0.25, -0.2) is 4.79 Å². The molecule has 6 heteroatoms. The number of alkyl carbamates (subject to hydrolysis) is 1. The van der Waals surface area contributed by atoms with Gasteiger partial charge in [0.2, 0.25) is 5.91 Å². The van der Waals surface area contributed by atoms with Crippen molar-refractivity contribution in [2.45, 2.75) is 19.4 Å². The van der Waals surface area contributed by atoms with Crippen LogP contribution in [0.3, 0.4) is 0 Å². The summed E-state index contributed by atoms with van der Waals surface area (Å²) in [7, 11) is 1.58. The number of hydrogen-bond donors (Lipinski definition) is 2. The summed E-state index contributed by atoms with van der Waals surface area (Å²) in [5.41, 5.74) is 0.935. The summed E-state index contributed by atoms with van der Waals surface area (Å²) in [6.07, 6.45) is 0.459. The number of hydrogen-bond acceptors (Lipinski definition) is 4. The molecule has 21 heavy (non-hydrogen) atoms. The van der Waals surface area contributed by atoms with Crippen LogP contribution in [0.4, 0.5) is 4.79 Å². The smallest absolute Gasteiger partial charge is 0.407 e. The maximum atomic E-state index is 11.4. The summed E-state index contributed by atoms with van der Waals surface area (Å²) >= 11 is 0. The highest BCUT2D eigenvalue weighted by atomic mass is 16.5. The van der Waals surface area contributed by atoms with Gasteiger partial charge in [0.05, 0.1) is 6.61 Å². The lowest BCUT2D eigenvalue weighted by atomic mass is 10.2. The van der Waals surface area contributed by atoms with E-state index < -0.39 is 6.09 Å². The average molecular weight is 294 g/mol. The number of carbonyl (C=O) groups is 2. The Labute approximate surface area is 124 Å². The molecule has 116 valence electrons. The van der Waals surface area contributed by atoms with Gasteiger partial charge in [-0.05, 0) is 12.0 Å². The fraction of sp³-hybridized carbons (Fsp3) is 0.467. The molecule has 0 saturated heterocycles. The molecule has 0 aliphatic rings. The maximum absolute atomic E-state index is 11.4. The van der Waals surface area contributed by atoms with Crippen LogP contribution in [0.15, 0.2) is 30.3 Å². The van der Waals surface area contributed by atoms with Crippen LogP contribution in [0.25, 0.3) is 0 Å². The van der Waals surface area contributed by atoms with Crippen molar-refractivity contribution in [3.05, 3.63) is 35.9 Å². The number of benzene rings is 1. The molecule has 0 aliphatic carbocycles. The SMILES string of the molecule is COCCNC(=O)CCCNC(=O)OCc1ccccc1. The van der Waals surface area contributed by atoms with E-state index in [1.54, 1.807) is 7.11 Å². The van der Waals surface area contributed by atoms with Gasteiger partial charge >= 0.3 is 6.09 Å². The zero-order chi connectivity index (χ0) is 15.3. The third-order valence-electron chi connectivity index (χ3n) is 2.69. The first-order valence-corrected chi connectivity index (χ1v) is 6.92. The van der Waals surface area contributed by atoms with Crippen molar-refractivity contribution in [2.24, 2.45) is 0 Å². The summed E-state index contributed by atoms with van der Waals surface area (Å²) < 4.78 is 9.87. The fourth-order valence-electron chi connectivity index (χ4n) is 1.59. The lowest BCUT2D eigenvalue weighted by Gasteiger charge is -2.07. The third-order valence-corrected chi connectivity index (χ3v) is 2.69. The number of ether oxygens (including phenoxy) is 2. The Morgan fingerprint density at radius 1 is 1.10 bits per heavy atom. The molecule has 0 fully saturated rings. The molecule has 0 atom stereocenters. The fourth-order valence-corrected chi connectivity index (χ4v) is 1.59. The van der Waals surface area contributed by atoms with Crippen molar-refractivity contribution in [3.8, 4) is 0 Å². The second-order valence-corrected chi connectivity index (χ2v) is 4.43. The Balaban J connectivity index is 2.02. The first-order valence-electron chi connectivity index (χ1n) is 6.92. The van der Waals surface area contributed by atoms with E-state index >= 15 is 0 Å². The molecule has 0 heterocycles. The van der Waals surface area contributed by atoms with E-state index in [-0.39, 0.29) is 12.5 Å². The zero-order valence-corrected chi connectivity index (χ0v) is 12.3. The van der Waals surface area contributed by atoms with Gasteiger partial charge in [-0.15, -0.1) is 0 Å². The quantitative estimate of drug-likeness (QED) is 0.676. The summed E-state index contributed by atoms with van der Waals surface area (Å²) in [5, 5.41) is 5.32. The monoisotopic (exact) mass is 294 g/mol. The van der Waals surface area contributed by atoms with Crippen molar-refractivity contribution in [1.82, 2.24) is 10.6 Å². The van der Waals surface area contributed by atoms with Gasteiger partial charge in [-0.2, -0.15) is 0 Å². The van der Waals surface area contributed by atoms with E-state index in [9.17, 15) is 9.59 Å². The van der Waals surface area contributed by atoms with Crippen LogP contribution in [0.1, 0.15) is 18.4 Å². The van der Waals surface area contributed by atoms with Crippen molar-refractivity contribution in [3.63, 3.8) is 0 Å². The first kappa shape index (κ1) is 17.0. The topological polar surface area (TPSA) is 76.7 Å². The standard InChI is InChI=1S/C15H22N2O4/c1-20-11-10-16-14(18)8-5-9-17-15(19)21-12-13-6-3-2-4-7-13/h2-4,6-7H,5,8-12H2,1H3,(H,16,18)(H,17,19). The number of nitrogens with one attached hydrogen (secondary N) is 2. The summed E-state index contributed by atoms with van der Waals surface area (Å²) in [4.78, 5) is 22.8. The van der Waals surface area contributed by atoms with Crippen LogP contribution in [-0.4, -0.2) is 38.8 Å². The Bertz CT molecular complexity index is 423. The van der Waals surface area contributed by atoms with Crippen LogP contribution in [0.5, 0.6) is 0 Å². The van der Waals surface area contributed by atoms with E-state index in [1.165, 1.54) is 0 Å². The largest absolute Gasteiger partial charge is 0.445 e. The number of carbonyl (C=O) groups excluding carboxylic acids is 2. The highest BCUT2D eigenvalue weighted by molar-refractivity contribution is 5.75. The van der Waals surface area contributed by atoms with E-state index in [0.717, 1.165) is 5.56 Å². The normalized spacial score (nSPS) is 9.95. The second kappa shape index (κ2) is 10.7. The van der Waals surface area contributed by atoms with Gasteiger partial charge in [0, 0.05) is 26.6 Å². The van der Waals surface area contributed by atoms with Crippen LogP contribution < -0.4 is 10.6 Å². The average Bonchev–Trinajstić information content (AvgIpc) is 2.51. The Kier molecular flexibility index (Phi) is 8.63. The number of amides is 2. The predicted molar refractivity (Wildman–Crippen MR) is 78.7 cm³/mol. The minimum atomic E-state index is -0.473. The molecule has 0 bridgehead atoms. The van der Waals surface area contributed by atoms with Gasteiger partial charge < -0.3 is 20.1 Å². The van der Waals surface area contributed by atoms with Crippen LogP contribution >= 0.6 is 0 Å². The molecule has 1 aromatic rings. The summed E-state index contributed by atoms with van der Waals surface area (Å²) in [5.74, 6) is -0.0495. The molecule has 0 aromatic heterocycles. The first-order chi connectivity index (χ1) is 10.2. The number of methoxy groups -OCH3 is 1. The Hall–Kier alpha value is -2.08. The molecule has 2 N–H and O–H groups in total. The van der Waals surface area contributed by atoms with Gasteiger partial charge in [0.25, 0.3) is 0 Å². The molecular weight excluding hydrogens is 272 g/mol. The minimum Gasteiger partial charge on any atom is -0.445 e. The maximum Gasteiger partial charge on any atom is 0.407 e. The van der Waals surface area contributed by atoms with Crippen molar-refractivity contribution >= 4 is 12.0 Å². The lowest BCUT2D eigenvalue weighted by Crippen LogP contribution is -2.29. The van der Waals surface area contributed by atoms with E-state index in [1.807, 2.05) is 30.3 Å². The van der Waals surface area contributed by atoms with E-state index in [2.05, 4.69) is 10.6 Å². The third kappa shape index (κ3) is 8.65. The highest BCUT2D eigenvalue weighted by Crippen LogP contribution is 2.00. The van der Waals surface area contributed by atoms with Crippen LogP contribution in [0, 0.1) is 0 Å². The van der Waals surface area contributed by atoms with Crippen molar-refractivity contribution in [2.75, 3.05) is 26.8 Å². The molecule has 1 rings (SSSR count). The second-order valence-electron chi connectivity index (χ2n) is 4.43.